The molecule has 0 atom stereocenters. The van der Waals surface area contributed by atoms with Gasteiger partial charge in [-0.15, -0.1) is 0 Å². The van der Waals surface area contributed by atoms with E-state index in [1.807, 2.05) is 42.5 Å². The van der Waals surface area contributed by atoms with E-state index in [-0.39, 0.29) is 24.5 Å². The van der Waals surface area contributed by atoms with Crippen molar-refractivity contribution in [1.82, 2.24) is 0 Å². The number of carbonyl (C=O) groups is 2. The van der Waals surface area contributed by atoms with E-state index in [1.165, 1.54) is 0 Å². The van der Waals surface area contributed by atoms with Crippen molar-refractivity contribution >= 4 is 17.4 Å². The summed E-state index contributed by atoms with van der Waals surface area (Å²) < 4.78 is 17.0. The van der Waals surface area contributed by atoms with Gasteiger partial charge in [0, 0.05) is 30.5 Å². The van der Waals surface area contributed by atoms with Crippen molar-refractivity contribution in [3.8, 4) is 17.2 Å². The molecule has 3 aromatic rings. The second-order valence-electron chi connectivity index (χ2n) is 7.48. The van der Waals surface area contributed by atoms with Gasteiger partial charge in [0.05, 0.1) is 13.2 Å². The fourth-order valence-electron chi connectivity index (χ4n) is 3.31. The van der Waals surface area contributed by atoms with Crippen LogP contribution in [0.3, 0.4) is 0 Å². The monoisotopic (exact) mass is 431 g/mol. The summed E-state index contributed by atoms with van der Waals surface area (Å²) in [5.41, 5.74) is 2.26. The molecule has 0 unspecified atom stereocenters. The van der Waals surface area contributed by atoms with E-state index in [0.29, 0.717) is 42.6 Å². The van der Waals surface area contributed by atoms with Gasteiger partial charge in [-0.05, 0) is 48.0 Å². The van der Waals surface area contributed by atoms with E-state index in [0.717, 1.165) is 17.7 Å². The first-order valence-electron chi connectivity index (χ1n) is 10.7. The van der Waals surface area contributed by atoms with Crippen LogP contribution in [0.15, 0.2) is 72.8 Å². The molecule has 0 aromatic heterocycles. The molecule has 1 aliphatic heterocycles. The van der Waals surface area contributed by atoms with Gasteiger partial charge in [0.2, 0.25) is 5.91 Å². The van der Waals surface area contributed by atoms with Gasteiger partial charge >= 0.3 is 0 Å². The van der Waals surface area contributed by atoms with Crippen LogP contribution >= 0.6 is 0 Å². The van der Waals surface area contributed by atoms with Crippen LogP contribution in [0.4, 0.5) is 5.69 Å². The number of hydrogen-bond acceptors (Lipinski definition) is 5. The second-order valence-corrected chi connectivity index (χ2v) is 7.48. The second kappa shape index (κ2) is 10.5. The van der Waals surface area contributed by atoms with E-state index in [9.17, 15) is 9.59 Å². The number of nitrogens with one attached hydrogen (secondary N) is 1. The van der Waals surface area contributed by atoms with E-state index < -0.39 is 0 Å². The summed E-state index contributed by atoms with van der Waals surface area (Å²) in [6, 6.07) is 22.2. The first-order chi connectivity index (χ1) is 15.7. The minimum absolute atomic E-state index is 0.0968. The Bertz CT molecular complexity index is 1060. The summed E-state index contributed by atoms with van der Waals surface area (Å²) in [5.74, 6) is 1.61. The van der Waals surface area contributed by atoms with Gasteiger partial charge in [-0.3, -0.25) is 9.59 Å². The number of benzene rings is 3. The molecule has 1 N–H and O–H groups in total. The lowest BCUT2D eigenvalue weighted by Crippen LogP contribution is -2.13. The third-order valence-electron chi connectivity index (χ3n) is 5.04. The van der Waals surface area contributed by atoms with Crippen LogP contribution in [0.2, 0.25) is 0 Å². The highest BCUT2D eigenvalue weighted by Gasteiger charge is 2.15. The maximum Gasteiger partial charge on any atom is 0.224 e. The Hall–Kier alpha value is -3.80. The zero-order chi connectivity index (χ0) is 22.2. The SMILES string of the molecule is O=C(CCC(=O)c1ccc2c(c1)OCCCO2)Nc1ccc(OCc2ccccc2)cc1. The minimum atomic E-state index is -0.217. The van der Waals surface area contributed by atoms with Crippen molar-refractivity contribution in [2.45, 2.75) is 25.9 Å². The standard InChI is InChI=1S/C26H25NO5/c28-23(20-7-13-24-25(17-20)31-16-4-15-30-24)12-14-26(29)27-21-8-10-22(11-9-21)32-18-19-5-2-1-3-6-19/h1-3,5-11,13,17H,4,12,14-16,18H2,(H,27,29). The Balaban J connectivity index is 1.25. The predicted molar refractivity (Wildman–Crippen MR) is 121 cm³/mol. The number of amides is 1. The Labute approximate surface area is 187 Å². The van der Waals surface area contributed by atoms with Gasteiger partial charge in [-0.1, -0.05) is 30.3 Å². The summed E-state index contributed by atoms with van der Waals surface area (Å²) >= 11 is 0. The largest absolute Gasteiger partial charge is 0.490 e. The van der Waals surface area contributed by atoms with Crippen LogP contribution in [0.5, 0.6) is 17.2 Å². The summed E-state index contributed by atoms with van der Waals surface area (Å²) in [4.78, 5) is 24.8. The van der Waals surface area contributed by atoms with Crippen LogP contribution in [0.25, 0.3) is 0 Å². The normalized spacial score (nSPS) is 12.5. The Morgan fingerprint density at radius 1 is 0.844 bits per heavy atom. The molecule has 0 radical (unpaired) electrons. The first-order valence-corrected chi connectivity index (χ1v) is 10.7. The van der Waals surface area contributed by atoms with E-state index >= 15 is 0 Å². The van der Waals surface area contributed by atoms with E-state index in [4.69, 9.17) is 14.2 Å². The number of ether oxygens (including phenoxy) is 3. The molecule has 0 fully saturated rings. The Kier molecular flexibility index (Phi) is 7.02. The molecule has 0 saturated heterocycles. The van der Waals surface area contributed by atoms with Crippen molar-refractivity contribution in [3.05, 3.63) is 83.9 Å². The van der Waals surface area contributed by atoms with Crippen molar-refractivity contribution in [3.63, 3.8) is 0 Å². The molecule has 4 rings (SSSR count). The molecule has 0 aliphatic carbocycles. The van der Waals surface area contributed by atoms with Gasteiger partial charge < -0.3 is 19.5 Å². The minimum Gasteiger partial charge on any atom is -0.490 e. The van der Waals surface area contributed by atoms with Crippen LogP contribution in [0, 0.1) is 0 Å². The lowest BCUT2D eigenvalue weighted by molar-refractivity contribution is -0.116. The first kappa shape index (κ1) is 21.4. The molecule has 1 aliphatic rings. The van der Waals surface area contributed by atoms with Gasteiger partial charge in [-0.25, -0.2) is 0 Å². The molecule has 6 nitrogen and oxygen atoms in total. The van der Waals surface area contributed by atoms with E-state index in [2.05, 4.69) is 5.32 Å². The summed E-state index contributed by atoms with van der Waals surface area (Å²) in [7, 11) is 0. The zero-order valence-corrected chi connectivity index (χ0v) is 17.7. The number of carbonyl (C=O) groups excluding carboxylic acids is 2. The maximum absolute atomic E-state index is 12.5. The van der Waals surface area contributed by atoms with E-state index in [1.54, 1.807) is 30.3 Å². The fourth-order valence-corrected chi connectivity index (χ4v) is 3.31. The van der Waals surface area contributed by atoms with Crippen LogP contribution in [0.1, 0.15) is 35.2 Å². The Morgan fingerprint density at radius 3 is 2.38 bits per heavy atom. The van der Waals surface area contributed by atoms with Gasteiger partial charge in [-0.2, -0.15) is 0 Å². The number of Topliss-reactive ketones (excluding diaryl/α,β-unsaturated/α-hetero) is 1. The van der Waals surface area contributed by atoms with Crippen LogP contribution < -0.4 is 19.5 Å². The number of anilines is 1. The predicted octanol–water partition coefficient (Wildman–Crippen LogP) is 5.03. The van der Waals surface area contributed by atoms with Gasteiger partial charge in [0.25, 0.3) is 0 Å². The third-order valence-corrected chi connectivity index (χ3v) is 5.04. The molecule has 0 spiro atoms. The summed E-state index contributed by atoms with van der Waals surface area (Å²) in [5, 5.41) is 2.82. The smallest absolute Gasteiger partial charge is 0.224 e. The molecular formula is C26H25NO5. The lowest BCUT2D eigenvalue weighted by atomic mass is 10.1. The number of hydrogen-bond donors (Lipinski definition) is 1. The number of rotatable bonds is 8. The summed E-state index contributed by atoms with van der Waals surface area (Å²) in [6.45, 7) is 1.64. The summed E-state index contributed by atoms with van der Waals surface area (Å²) in [6.07, 6.45) is 1.02. The average molecular weight is 431 g/mol. The molecule has 6 heteroatoms. The lowest BCUT2D eigenvalue weighted by Gasteiger charge is -2.10. The third kappa shape index (κ3) is 5.88. The Morgan fingerprint density at radius 2 is 1.59 bits per heavy atom. The van der Waals surface area contributed by atoms with Gasteiger partial charge in [0.1, 0.15) is 12.4 Å². The fraction of sp³-hybridized carbons (Fsp3) is 0.231. The quantitative estimate of drug-likeness (QED) is 0.507. The van der Waals surface area contributed by atoms with Gasteiger partial charge in [0.15, 0.2) is 17.3 Å². The molecular weight excluding hydrogens is 406 g/mol. The number of ketones is 1. The molecule has 0 saturated carbocycles. The van der Waals surface area contributed by atoms with Crippen LogP contribution in [-0.2, 0) is 11.4 Å². The molecule has 1 heterocycles. The maximum atomic E-state index is 12.5. The topological polar surface area (TPSA) is 73.9 Å². The average Bonchev–Trinajstić information content (AvgIpc) is 3.08. The van der Waals surface area contributed by atoms with Crippen LogP contribution in [-0.4, -0.2) is 24.9 Å². The van der Waals surface area contributed by atoms with Crippen molar-refractivity contribution < 1.29 is 23.8 Å². The highest BCUT2D eigenvalue weighted by atomic mass is 16.5. The highest BCUT2D eigenvalue weighted by Crippen LogP contribution is 2.31. The number of fused-ring (bicyclic) bond motifs is 1. The van der Waals surface area contributed by atoms with Crippen molar-refractivity contribution in [1.29, 1.82) is 0 Å². The molecule has 164 valence electrons. The highest BCUT2D eigenvalue weighted by molar-refractivity contribution is 6.00. The molecule has 1 amide bonds. The van der Waals surface area contributed by atoms with Crippen molar-refractivity contribution in [2.75, 3.05) is 18.5 Å². The molecule has 32 heavy (non-hydrogen) atoms. The molecule has 3 aromatic carbocycles. The zero-order valence-electron chi connectivity index (χ0n) is 17.7. The van der Waals surface area contributed by atoms with Crippen molar-refractivity contribution in [2.24, 2.45) is 0 Å². The molecule has 0 bridgehead atoms.